The minimum atomic E-state index is -6.57. The predicted molar refractivity (Wildman–Crippen MR) is 116 cm³/mol. The van der Waals surface area contributed by atoms with Gasteiger partial charge in [-0.1, -0.05) is 22.6 Å². The molecule has 0 aromatic carbocycles. The van der Waals surface area contributed by atoms with Crippen LogP contribution in [0.25, 0.3) is 0 Å². The molecule has 26 heteroatoms. The van der Waals surface area contributed by atoms with Crippen molar-refractivity contribution in [1.29, 1.82) is 0 Å². The van der Waals surface area contributed by atoms with Crippen LogP contribution in [0.5, 0.6) is 0 Å². The number of halogens is 21. The van der Waals surface area contributed by atoms with Crippen molar-refractivity contribution in [3.05, 3.63) is 0 Å². The molecule has 272 valence electrons. The SMILES string of the molecule is CC(=O)OCCC(CC(F)(C(F)(F)F)C(F)(F)F)C(F)(F)F.CC(=O)[O-].FC(F)(F)C(CCI)CC(F)(C(F)(F)F)C(F)(F)F.[Na+]. The zero-order chi connectivity index (χ0) is 37.3. The van der Waals surface area contributed by atoms with Gasteiger partial charge in [0.15, 0.2) is 0 Å². The van der Waals surface area contributed by atoms with Gasteiger partial charge in [-0.05, 0) is 19.8 Å². The molecule has 0 N–H and O–H groups in total. The van der Waals surface area contributed by atoms with Crippen molar-refractivity contribution < 1.29 is 137 Å². The maximum Gasteiger partial charge on any atom is 1.00 e. The van der Waals surface area contributed by atoms with Crippen molar-refractivity contribution in [2.75, 3.05) is 11.0 Å². The molecule has 0 saturated carbocycles. The molecule has 0 aromatic heterocycles. The molecule has 0 heterocycles. The Labute approximate surface area is 281 Å². The molecule has 0 bridgehead atoms. The first kappa shape index (κ1) is 52.1. The average Bonchev–Trinajstić information content (AvgIpc) is 2.73. The van der Waals surface area contributed by atoms with Crippen LogP contribution >= 0.6 is 22.6 Å². The van der Waals surface area contributed by atoms with Crippen LogP contribution in [0.1, 0.15) is 39.5 Å². The fourth-order valence-electron chi connectivity index (χ4n) is 2.70. The Kier molecular flexibility index (Phi) is 21.4. The van der Waals surface area contributed by atoms with Gasteiger partial charge in [0.05, 0.1) is 18.4 Å². The monoisotopic (exact) mass is 854 g/mol. The summed E-state index contributed by atoms with van der Waals surface area (Å²) >= 11 is 1.35. The molecule has 0 spiro atoms. The average molecular weight is 854 g/mol. The Morgan fingerprint density at radius 1 is 0.587 bits per heavy atom. The predicted octanol–water partition coefficient (Wildman–Crippen LogP) is 5.31. The number of aliphatic carboxylic acids is 1. The minimum Gasteiger partial charge on any atom is -0.550 e. The standard InChI is InChI=1S/C10H10F10O2.C8H7F10I.C2H4O2.Na/c1-5(21)22-3-2-6(8(12,13)14)4-7(11,9(15,16)17)10(18,19)20;9-5(7(13,14)15,8(16,17)18)3-4(1-2-19)6(10,11)12;1-2(3)4;/h6H,2-4H2,1H3;4H,1-3H2;1H3,(H,3,4);/q;;;+1/p-1. The summed E-state index contributed by atoms with van der Waals surface area (Å²) in [6, 6.07) is 0. The molecule has 0 rings (SSSR count). The van der Waals surface area contributed by atoms with Crippen LogP contribution in [-0.2, 0) is 14.3 Å². The van der Waals surface area contributed by atoms with Crippen molar-refractivity contribution in [2.45, 2.75) is 87.9 Å². The summed E-state index contributed by atoms with van der Waals surface area (Å²) in [4.78, 5) is 19.2. The van der Waals surface area contributed by atoms with Crippen LogP contribution in [0.2, 0.25) is 0 Å². The summed E-state index contributed by atoms with van der Waals surface area (Å²) in [7, 11) is 0. The Morgan fingerprint density at radius 3 is 1.00 bits per heavy atom. The third kappa shape index (κ3) is 17.6. The van der Waals surface area contributed by atoms with Crippen LogP contribution in [0.3, 0.4) is 0 Å². The largest absolute Gasteiger partial charge is 1.00 e. The number of ether oxygens (including phenoxy) is 1. The maximum absolute atomic E-state index is 13.3. The van der Waals surface area contributed by atoms with Gasteiger partial charge in [-0.25, -0.2) is 8.78 Å². The number of esters is 1. The van der Waals surface area contributed by atoms with Crippen molar-refractivity contribution in [1.82, 2.24) is 0 Å². The molecule has 0 radical (unpaired) electrons. The van der Waals surface area contributed by atoms with Gasteiger partial charge < -0.3 is 14.6 Å². The molecule has 0 aromatic rings. The molecular formula is C20H20F20INaO4. The second kappa shape index (κ2) is 18.9. The second-order valence-corrected chi connectivity index (χ2v) is 9.66. The maximum atomic E-state index is 13.3. The van der Waals surface area contributed by atoms with Crippen LogP contribution in [0.4, 0.5) is 87.8 Å². The first-order chi connectivity index (χ1) is 19.4. The normalized spacial score (nSPS) is 14.8. The van der Waals surface area contributed by atoms with Gasteiger partial charge in [-0.2, -0.15) is 79.0 Å². The first-order valence-electron chi connectivity index (χ1n) is 11.1. The van der Waals surface area contributed by atoms with E-state index in [1.165, 1.54) is 22.6 Å². The summed E-state index contributed by atoms with van der Waals surface area (Å²) < 4.78 is 251. The van der Waals surface area contributed by atoms with E-state index in [0.29, 0.717) is 0 Å². The molecule has 0 amide bonds. The van der Waals surface area contributed by atoms with E-state index in [4.69, 9.17) is 9.90 Å². The van der Waals surface area contributed by atoms with Gasteiger partial charge in [0.1, 0.15) is 0 Å². The van der Waals surface area contributed by atoms with Gasteiger partial charge >= 0.3 is 72.6 Å². The van der Waals surface area contributed by atoms with Crippen LogP contribution < -0.4 is 34.7 Å². The molecule has 0 aliphatic carbocycles. The van der Waals surface area contributed by atoms with Crippen molar-refractivity contribution in [2.24, 2.45) is 11.8 Å². The smallest absolute Gasteiger partial charge is 0.550 e. The third-order valence-electron chi connectivity index (χ3n) is 5.01. The Balaban J connectivity index is -0.000000339. The van der Waals surface area contributed by atoms with Crippen LogP contribution in [0.15, 0.2) is 0 Å². The number of carboxylic acid groups (broad SMARTS) is 1. The molecule has 2 atom stereocenters. The number of alkyl halides is 21. The number of carbonyl (C=O) groups excluding carboxylic acids is 2. The van der Waals surface area contributed by atoms with Gasteiger partial charge in [0.2, 0.25) is 0 Å². The molecule has 0 aliphatic rings. The molecule has 46 heavy (non-hydrogen) atoms. The molecule has 0 fully saturated rings. The quantitative estimate of drug-likeness (QED) is 0.104. The van der Waals surface area contributed by atoms with Gasteiger partial charge in [0.25, 0.3) is 11.3 Å². The Bertz CT molecular complexity index is 876. The third-order valence-corrected chi connectivity index (χ3v) is 5.63. The minimum absolute atomic E-state index is 0. The van der Waals surface area contributed by atoms with E-state index < -0.39 is 104 Å². The molecular weight excluding hydrogens is 834 g/mol. The summed E-state index contributed by atoms with van der Waals surface area (Å²) in [5, 5.41) is 8.89. The van der Waals surface area contributed by atoms with E-state index in [9.17, 15) is 92.6 Å². The number of rotatable bonds is 9. The Morgan fingerprint density at radius 2 is 0.826 bits per heavy atom. The van der Waals surface area contributed by atoms with Crippen LogP contribution in [-0.4, -0.2) is 71.4 Å². The van der Waals surface area contributed by atoms with E-state index in [0.717, 1.165) is 13.8 Å². The van der Waals surface area contributed by atoms with E-state index in [-0.39, 0.29) is 34.0 Å². The van der Waals surface area contributed by atoms with Crippen molar-refractivity contribution in [3.8, 4) is 0 Å². The van der Waals surface area contributed by atoms with Crippen LogP contribution in [0, 0.1) is 11.8 Å². The fourth-order valence-corrected chi connectivity index (χ4v) is 3.45. The van der Waals surface area contributed by atoms with E-state index in [1.54, 1.807) is 0 Å². The number of hydrogen-bond acceptors (Lipinski definition) is 4. The molecule has 0 aliphatic heterocycles. The first-order valence-corrected chi connectivity index (χ1v) is 12.6. The Hall–Kier alpha value is -0.730. The fraction of sp³-hybridized carbons (Fsp3) is 0.900. The zero-order valence-corrected chi connectivity index (χ0v) is 27.1. The van der Waals surface area contributed by atoms with E-state index >= 15 is 0 Å². The number of carboxylic acids is 1. The summed E-state index contributed by atoms with van der Waals surface area (Å²) in [5.74, 6) is -8.48. The van der Waals surface area contributed by atoms with Crippen molar-refractivity contribution >= 4 is 34.5 Å². The summed E-state index contributed by atoms with van der Waals surface area (Å²) in [5.41, 5.74) is -11.9. The van der Waals surface area contributed by atoms with Gasteiger partial charge in [-0.15, -0.1) is 0 Å². The summed E-state index contributed by atoms with van der Waals surface area (Å²) in [6.45, 7) is 0.652. The topological polar surface area (TPSA) is 66.4 Å². The van der Waals surface area contributed by atoms with E-state index in [2.05, 4.69) is 4.74 Å². The van der Waals surface area contributed by atoms with Gasteiger partial charge in [-0.3, -0.25) is 4.79 Å². The van der Waals surface area contributed by atoms with E-state index in [1.807, 2.05) is 0 Å². The molecule has 4 nitrogen and oxygen atoms in total. The van der Waals surface area contributed by atoms with Crippen molar-refractivity contribution in [3.63, 3.8) is 0 Å². The molecule has 0 saturated heterocycles. The molecule has 2 unspecified atom stereocenters. The second-order valence-electron chi connectivity index (χ2n) is 8.58. The number of hydrogen-bond donors (Lipinski definition) is 0. The zero-order valence-electron chi connectivity index (χ0n) is 23.0. The number of carbonyl (C=O) groups is 2. The van der Waals surface area contributed by atoms with Gasteiger partial charge in [0, 0.05) is 30.2 Å². The summed E-state index contributed by atoms with van der Waals surface area (Å²) in [6.07, 6.45) is -45.0.